The van der Waals surface area contributed by atoms with Gasteiger partial charge in [0.1, 0.15) is 0 Å². The SMILES string of the molecule is CNS(=O)(=O)c1ccc(N)c(NCCOCCOC)c1. The van der Waals surface area contributed by atoms with Crippen LogP contribution in [0, 0.1) is 0 Å². The van der Waals surface area contributed by atoms with E-state index in [2.05, 4.69) is 10.0 Å². The largest absolute Gasteiger partial charge is 0.397 e. The zero-order chi connectivity index (χ0) is 15.0. The molecule has 0 unspecified atom stereocenters. The highest BCUT2D eigenvalue weighted by Gasteiger charge is 2.12. The van der Waals surface area contributed by atoms with Gasteiger partial charge in [0.15, 0.2) is 0 Å². The summed E-state index contributed by atoms with van der Waals surface area (Å²) >= 11 is 0. The van der Waals surface area contributed by atoms with Gasteiger partial charge in [0.25, 0.3) is 0 Å². The third kappa shape index (κ3) is 4.97. The van der Waals surface area contributed by atoms with Crippen molar-refractivity contribution < 1.29 is 17.9 Å². The number of methoxy groups -OCH3 is 1. The zero-order valence-electron chi connectivity index (χ0n) is 11.7. The molecule has 1 aromatic rings. The van der Waals surface area contributed by atoms with E-state index in [1.54, 1.807) is 13.2 Å². The second-order valence-electron chi connectivity index (χ2n) is 3.99. The Hall–Kier alpha value is -1.35. The van der Waals surface area contributed by atoms with Gasteiger partial charge in [0, 0.05) is 13.7 Å². The molecule has 20 heavy (non-hydrogen) atoms. The normalized spacial score (nSPS) is 11.5. The molecule has 0 saturated carbocycles. The average molecular weight is 303 g/mol. The first-order chi connectivity index (χ1) is 9.51. The number of rotatable bonds is 9. The quantitative estimate of drug-likeness (QED) is 0.446. The monoisotopic (exact) mass is 303 g/mol. The van der Waals surface area contributed by atoms with E-state index in [0.717, 1.165) is 0 Å². The van der Waals surface area contributed by atoms with Crippen LogP contribution in [0.1, 0.15) is 0 Å². The molecule has 0 aliphatic carbocycles. The van der Waals surface area contributed by atoms with Crippen LogP contribution in [0.15, 0.2) is 23.1 Å². The smallest absolute Gasteiger partial charge is 0.240 e. The molecule has 0 aliphatic rings. The van der Waals surface area contributed by atoms with Gasteiger partial charge in [0.05, 0.1) is 36.1 Å². The van der Waals surface area contributed by atoms with Gasteiger partial charge in [-0.3, -0.25) is 0 Å². The minimum absolute atomic E-state index is 0.164. The number of sulfonamides is 1. The second-order valence-corrected chi connectivity index (χ2v) is 5.88. The molecule has 0 fully saturated rings. The summed E-state index contributed by atoms with van der Waals surface area (Å²) in [6.07, 6.45) is 0. The van der Waals surface area contributed by atoms with E-state index in [4.69, 9.17) is 15.2 Å². The molecule has 0 atom stereocenters. The summed E-state index contributed by atoms with van der Waals surface area (Å²) < 4.78 is 35.8. The number of nitrogens with two attached hydrogens (primary N) is 1. The van der Waals surface area contributed by atoms with Gasteiger partial charge in [-0.15, -0.1) is 0 Å². The number of ether oxygens (including phenoxy) is 2. The number of benzene rings is 1. The number of nitrogen functional groups attached to an aromatic ring is 1. The Morgan fingerprint density at radius 2 is 2.00 bits per heavy atom. The lowest BCUT2D eigenvalue weighted by Crippen LogP contribution is -2.19. The summed E-state index contributed by atoms with van der Waals surface area (Å²) in [5, 5.41) is 3.04. The van der Waals surface area contributed by atoms with Crippen molar-refractivity contribution >= 4 is 21.4 Å². The van der Waals surface area contributed by atoms with Gasteiger partial charge in [-0.2, -0.15) is 0 Å². The Bertz CT molecular complexity index is 519. The van der Waals surface area contributed by atoms with Gasteiger partial charge >= 0.3 is 0 Å². The van der Waals surface area contributed by atoms with Crippen LogP contribution >= 0.6 is 0 Å². The molecule has 0 aliphatic heterocycles. The van der Waals surface area contributed by atoms with Crippen LogP contribution in [0.2, 0.25) is 0 Å². The first-order valence-corrected chi connectivity index (χ1v) is 7.63. The van der Waals surface area contributed by atoms with Gasteiger partial charge in [0.2, 0.25) is 10.0 Å². The molecule has 0 radical (unpaired) electrons. The summed E-state index contributed by atoms with van der Waals surface area (Å²) in [5.41, 5.74) is 6.85. The van der Waals surface area contributed by atoms with E-state index < -0.39 is 10.0 Å². The number of hydrogen-bond donors (Lipinski definition) is 3. The van der Waals surface area contributed by atoms with E-state index in [1.165, 1.54) is 19.2 Å². The van der Waals surface area contributed by atoms with Gasteiger partial charge in [-0.25, -0.2) is 13.1 Å². The Kier molecular flexibility index (Phi) is 6.73. The number of anilines is 2. The van der Waals surface area contributed by atoms with Crippen molar-refractivity contribution in [1.82, 2.24) is 4.72 Å². The molecule has 0 bridgehead atoms. The van der Waals surface area contributed by atoms with E-state index in [9.17, 15) is 8.42 Å². The molecule has 0 aromatic heterocycles. The molecule has 0 saturated heterocycles. The molecular weight excluding hydrogens is 282 g/mol. The fourth-order valence-corrected chi connectivity index (χ4v) is 2.23. The Balaban J connectivity index is 2.59. The van der Waals surface area contributed by atoms with Crippen LogP contribution in [-0.4, -0.2) is 48.9 Å². The lowest BCUT2D eigenvalue weighted by atomic mass is 10.2. The fourth-order valence-electron chi connectivity index (χ4n) is 1.48. The van der Waals surface area contributed by atoms with Crippen LogP contribution in [0.4, 0.5) is 11.4 Å². The first kappa shape index (κ1) is 16.7. The average Bonchev–Trinajstić information content (AvgIpc) is 2.44. The molecule has 114 valence electrons. The standard InChI is InChI=1S/C12H21N3O4S/c1-14-20(16,17)10-3-4-11(13)12(9-10)15-5-6-19-8-7-18-2/h3-4,9,14-15H,5-8,13H2,1-2H3. The molecular formula is C12H21N3O4S. The topological polar surface area (TPSA) is 103 Å². The van der Waals surface area contributed by atoms with E-state index >= 15 is 0 Å². The first-order valence-electron chi connectivity index (χ1n) is 6.15. The van der Waals surface area contributed by atoms with Crippen LogP contribution in [-0.2, 0) is 19.5 Å². The highest BCUT2D eigenvalue weighted by molar-refractivity contribution is 7.89. The summed E-state index contributed by atoms with van der Waals surface area (Å²) in [6.45, 7) is 2.06. The van der Waals surface area contributed by atoms with Gasteiger partial charge in [-0.1, -0.05) is 0 Å². The van der Waals surface area contributed by atoms with Gasteiger partial charge < -0.3 is 20.5 Å². The maximum absolute atomic E-state index is 11.7. The third-order valence-electron chi connectivity index (χ3n) is 2.60. The van der Waals surface area contributed by atoms with Crippen LogP contribution in [0.25, 0.3) is 0 Å². The highest BCUT2D eigenvalue weighted by atomic mass is 32.2. The lowest BCUT2D eigenvalue weighted by molar-refractivity contribution is 0.0759. The van der Waals surface area contributed by atoms with Crippen molar-refractivity contribution in [2.45, 2.75) is 4.90 Å². The zero-order valence-corrected chi connectivity index (χ0v) is 12.5. The maximum atomic E-state index is 11.7. The second kappa shape index (κ2) is 8.05. The summed E-state index contributed by atoms with van der Waals surface area (Å²) in [5.74, 6) is 0. The Morgan fingerprint density at radius 1 is 1.25 bits per heavy atom. The summed E-state index contributed by atoms with van der Waals surface area (Å²) in [7, 11) is -0.503. The minimum atomic E-state index is -3.47. The molecule has 4 N–H and O–H groups in total. The van der Waals surface area contributed by atoms with Crippen molar-refractivity contribution in [3.05, 3.63) is 18.2 Å². The summed E-state index contributed by atoms with van der Waals surface area (Å²) in [6, 6.07) is 4.51. The van der Waals surface area contributed by atoms with Crippen molar-refractivity contribution in [2.24, 2.45) is 0 Å². The van der Waals surface area contributed by atoms with Crippen molar-refractivity contribution in [2.75, 3.05) is 51.6 Å². The molecule has 1 rings (SSSR count). The summed E-state index contributed by atoms with van der Waals surface area (Å²) in [4.78, 5) is 0.164. The molecule has 0 amide bonds. The highest BCUT2D eigenvalue weighted by Crippen LogP contribution is 2.22. The lowest BCUT2D eigenvalue weighted by Gasteiger charge is -2.11. The fraction of sp³-hybridized carbons (Fsp3) is 0.500. The Labute approximate surface area is 119 Å². The molecule has 7 nitrogen and oxygen atoms in total. The molecule has 0 heterocycles. The maximum Gasteiger partial charge on any atom is 0.240 e. The molecule has 8 heteroatoms. The number of hydrogen-bond acceptors (Lipinski definition) is 6. The van der Waals surface area contributed by atoms with Gasteiger partial charge in [-0.05, 0) is 25.2 Å². The van der Waals surface area contributed by atoms with E-state index in [1.807, 2.05) is 0 Å². The van der Waals surface area contributed by atoms with Crippen molar-refractivity contribution in [3.63, 3.8) is 0 Å². The van der Waals surface area contributed by atoms with Crippen LogP contribution in [0.5, 0.6) is 0 Å². The van der Waals surface area contributed by atoms with Crippen LogP contribution < -0.4 is 15.8 Å². The molecule has 0 spiro atoms. The van der Waals surface area contributed by atoms with E-state index in [-0.39, 0.29) is 4.90 Å². The van der Waals surface area contributed by atoms with Crippen LogP contribution in [0.3, 0.4) is 0 Å². The predicted molar refractivity (Wildman–Crippen MR) is 78.3 cm³/mol. The van der Waals surface area contributed by atoms with Crippen molar-refractivity contribution in [3.8, 4) is 0 Å². The Morgan fingerprint density at radius 3 is 2.65 bits per heavy atom. The number of nitrogens with one attached hydrogen (secondary N) is 2. The third-order valence-corrected chi connectivity index (χ3v) is 4.01. The molecule has 1 aromatic carbocycles. The van der Waals surface area contributed by atoms with Crippen molar-refractivity contribution in [1.29, 1.82) is 0 Å². The minimum Gasteiger partial charge on any atom is -0.397 e. The predicted octanol–water partition coefficient (Wildman–Crippen LogP) is 0.252. The van der Waals surface area contributed by atoms with E-state index in [0.29, 0.717) is 37.7 Å².